The molecule has 0 spiro atoms. The van der Waals surface area contributed by atoms with Crippen molar-refractivity contribution in [1.82, 2.24) is 0 Å². The monoisotopic (exact) mass is 272 g/mol. The van der Waals surface area contributed by atoms with Crippen LogP contribution in [0.3, 0.4) is 0 Å². The standard InChI is InChI=1S/C16H16S2/c1-2-7-13(8-3-1)14-9-4-5-10-15(14)16-17-11-6-12-18-16/h1-5,7-10,16H,6,11-12H2. The Morgan fingerprint density at radius 3 is 2.22 bits per heavy atom. The number of thioether (sulfide) groups is 2. The predicted octanol–water partition coefficient (Wildman–Crippen LogP) is 5.22. The summed E-state index contributed by atoms with van der Waals surface area (Å²) < 4.78 is 0.607. The predicted molar refractivity (Wildman–Crippen MR) is 84.2 cm³/mol. The average Bonchev–Trinajstić information content (AvgIpc) is 2.49. The van der Waals surface area contributed by atoms with Gasteiger partial charge in [0.05, 0.1) is 4.58 Å². The maximum atomic E-state index is 2.29. The lowest BCUT2D eigenvalue weighted by atomic mass is 10.0. The van der Waals surface area contributed by atoms with Crippen LogP contribution in [0.1, 0.15) is 16.6 Å². The summed E-state index contributed by atoms with van der Waals surface area (Å²) in [5.74, 6) is 2.58. The third-order valence-corrected chi connectivity index (χ3v) is 6.11. The fourth-order valence-corrected chi connectivity index (χ4v) is 5.22. The van der Waals surface area contributed by atoms with Gasteiger partial charge in [0.25, 0.3) is 0 Å². The lowest BCUT2D eigenvalue weighted by molar-refractivity contribution is 1.10. The van der Waals surface area contributed by atoms with Crippen molar-refractivity contribution in [3.8, 4) is 11.1 Å². The zero-order valence-corrected chi connectivity index (χ0v) is 11.8. The van der Waals surface area contributed by atoms with Crippen molar-refractivity contribution in [1.29, 1.82) is 0 Å². The van der Waals surface area contributed by atoms with E-state index in [-0.39, 0.29) is 0 Å². The minimum atomic E-state index is 0.607. The van der Waals surface area contributed by atoms with Gasteiger partial charge in [0, 0.05) is 0 Å². The molecule has 0 N–H and O–H groups in total. The molecular formula is C16H16S2. The van der Waals surface area contributed by atoms with Crippen LogP contribution in [0.25, 0.3) is 11.1 Å². The Hall–Kier alpha value is -0.860. The van der Waals surface area contributed by atoms with Crippen LogP contribution in [0.5, 0.6) is 0 Å². The van der Waals surface area contributed by atoms with Crippen molar-refractivity contribution < 1.29 is 0 Å². The molecule has 2 aromatic rings. The summed E-state index contributed by atoms with van der Waals surface area (Å²) in [5.41, 5.74) is 4.21. The van der Waals surface area contributed by atoms with Gasteiger partial charge < -0.3 is 0 Å². The molecule has 0 aliphatic carbocycles. The van der Waals surface area contributed by atoms with Gasteiger partial charge in [-0.1, -0.05) is 54.6 Å². The van der Waals surface area contributed by atoms with Gasteiger partial charge in [-0.05, 0) is 34.6 Å². The molecule has 0 saturated carbocycles. The molecule has 1 aliphatic rings. The van der Waals surface area contributed by atoms with E-state index in [0.717, 1.165) is 0 Å². The van der Waals surface area contributed by atoms with Gasteiger partial charge >= 0.3 is 0 Å². The topological polar surface area (TPSA) is 0 Å². The molecule has 1 heterocycles. The molecule has 0 amide bonds. The molecule has 2 heteroatoms. The third kappa shape index (κ3) is 2.60. The normalized spacial score (nSPS) is 16.7. The minimum Gasteiger partial charge on any atom is -0.143 e. The molecule has 18 heavy (non-hydrogen) atoms. The minimum absolute atomic E-state index is 0.607. The van der Waals surface area contributed by atoms with Crippen molar-refractivity contribution in [2.75, 3.05) is 11.5 Å². The van der Waals surface area contributed by atoms with Crippen LogP contribution in [0.4, 0.5) is 0 Å². The van der Waals surface area contributed by atoms with Crippen LogP contribution in [0.15, 0.2) is 54.6 Å². The Balaban J connectivity index is 1.99. The van der Waals surface area contributed by atoms with E-state index >= 15 is 0 Å². The molecule has 0 bridgehead atoms. The first kappa shape index (κ1) is 12.2. The Labute approximate surface area is 117 Å². The molecule has 0 aromatic heterocycles. The molecular weight excluding hydrogens is 256 g/mol. The highest BCUT2D eigenvalue weighted by Gasteiger charge is 2.19. The second kappa shape index (κ2) is 5.85. The summed E-state index contributed by atoms with van der Waals surface area (Å²) in [6.07, 6.45) is 1.35. The zero-order chi connectivity index (χ0) is 12.2. The van der Waals surface area contributed by atoms with Crippen LogP contribution in [-0.4, -0.2) is 11.5 Å². The van der Waals surface area contributed by atoms with Crippen LogP contribution < -0.4 is 0 Å². The first-order valence-electron chi connectivity index (χ1n) is 6.33. The van der Waals surface area contributed by atoms with Crippen molar-refractivity contribution >= 4 is 23.5 Å². The summed E-state index contributed by atoms with van der Waals surface area (Å²) in [6, 6.07) is 19.6. The van der Waals surface area contributed by atoms with Crippen LogP contribution in [0, 0.1) is 0 Å². The lowest BCUT2D eigenvalue weighted by Crippen LogP contribution is -2.01. The second-order valence-corrected chi connectivity index (χ2v) is 7.10. The highest BCUT2D eigenvalue weighted by atomic mass is 32.2. The van der Waals surface area contributed by atoms with E-state index in [1.54, 1.807) is 0 Å². The van der Waals surface area contributed by atoms with Crippen molar-refractivity contribution in [2.24, 2.45) is 0 Å². The molecule has 0 atom stereocenters. The van der Waals surface area contributed by atoms with E-state index in [1.165, 1.54) is 34.6 Å². The fraction of sp³-hybridized carbons (Fsp3) is 0.250. The van der Waals surface area contributed by atoms with E-state index in [9.17, 15) is 0 Å². The largest absolute Gasteiger partial charge is 0.143 e. The van der Waals surface area contributed by atoms with Crippen molar-refractivity contribution in [3.05, 3.63) is 60.2 Å². The smallest absolute Gasteiger partial charge is 0.0757 e. The molecule has 1 aliphatic heterocycles. The second-order valence-electron chi connectivity index (χ2n) is 4.38. The summed E-state index contributed by atoms with van der Waals surface area (Å²) >= 11 is 4.18. The van der Waals surface area contributed by atoms with Gasteiger partial charge in [0.2, 0.25) is 0 Å². The summed E-state index contributed by atoms with van der Waals surface area (Å²) in [7, 11) is 0. The van der Waals surface area contributed by atoms with Gasteiger partial charge in [0.15, 0.2) is 0 Å². The maximum Gasteiger partial charge on any atom is 0.0757 e. The Morgan fingerprint density at radius 2 is 1.44 bits per heavy atom. The van der Waals surface area contributed by atoms with Crippen molar-refractivity contribution in [2.45, 2.75) is 11.0 Å². The highest BCUT2D eigenvalue weighted by Crippen LogP contribution is 2.46. The molecule has 2 aromatic carbocycles. The molecule has 0 unspecified atom stereocenters. The van der Waals surface area contributed by atoms with E-state index in [4.69, 9.17) is 0 Å². The van der Waals surface area contributed by atoms with Gasteiger partial charge in [-0.2, -0.15) is 0 Å². The average molecular weight is 272 g/mol. The fourth-order valence-electron chi connectivity index (χ4n) is 2.25. The molecule has 0 nitrogen and oxygen atoms in total. The van der Waals surface area contributed by atoms with E-state index in [2.05, 4.69) is 78.1 Å². The van der Waals surface area contributed by atoms with Gasteiger partial charge in [-0.3, -0.25) is 0 Å². The van der Waals surface area contributed by atoms with Gasteiger partial charge in [0.1, 0.15) is 0 Å². The molecule has 92 valence electrons. The highest BCUT2D eigenvalue weighted by molar-refractivity contribution is 8.16. The van der Waals surface area contributed by atoms with Gasteiger partial charge in [-0.25, -0.2) is 0 Å². The van der Waals surface area contributed by atoms with E-state index in [0.29, 0.717) is 4.58 Å². The zero-order valence-electron chi connectivity index (χ0n) is 10.2. The van der Waals surface area contributed by atoms with Crippen molar-refractivity contribution in [3.63, 3.8) is 0 Å². The summed E-state index contributed by atoms with van der Waals surface area (Å²) in [6.45, 7) is 0. The van der Waals surface area contributed by atoms with E-state index < -0.39 is 0 Å². The Morgan fingerprint density at radius 1 is 0.778 bits per heavy atom. The number of rotatable bonds is 2. The van der Waals surface area contributed by atoms with Gasteiger partial charge in [-0.15, -0.1) is 23.5 Å². The first-order chi connectivity index (χ1) is 8.95. The number of hydrogen-bond donors (Lipinski definition) is 0. The molecule has 1 fully saturated rings. The lowest BCUT2D eigenvalue weighted by Gasteiger charge is -2.23. The molecule has 1 saturated heterocycles. The maximum absolute atomic E-state index is 2.29. The van der Waals surface area contributed by atoms with E-state index in [1.807, 2.05) is 0 Å². The summed E-state index contributed by atoms with van der Waals surface area (Å²) in [4.78, 5) is 0. The Bertz CT molecular complexity index is 502. The van der Waals surface area contributed by atoms with Crippen LogP contribution in [-0.2, 0) is 0 Å². The quantitative estimate of drug-likeness (QED) is 0.735. The third-order valence-electron chi connectivity index (χ3n) is 3.13. The molecule has 3 rings (SSSR count). The number of hydrogen-bond acceptors (Lipinski definition) is 2. The van der Waals surface area contributed by atoms with Crippen LogP contribution in [0.2, 0.25) is 0 Å². The number of benzene rings is 2. The Kier molecular flexibility index (Phi) is 3.96. The summed E-state index contributed by atoms with van der Waals surface area (Å²) in [5, 5.41) is 0. The molecule has 0 radical (unpaired) electrons. The first-order valence-corrected chi connectivity index (χ1v) is 8.42. The SMILES string of the molecule is c1ccc(-c2ccccc2C2SCCCS2)cc1. The van der Waals surface area contributed by atoms with Crippen LogP contribution >= 0.6 is 23.5 Å².